The van der Waals surface area contributed by atoms with Crippen molar-refractivity contribution in [2.24, 2.45) is 5.92 Å². The Hall–Kier alpha value is -1.20. The smallest absolute Gasteiger partial charge is 0.124 e. The lowest BCUT2D eigenvalue weighted by molar-refractivity contribution is 0.464. The summed E-state index contributed by atoms with van der Waals surface area (Å²) in [6.07, 6.45) is 0. The molecule has 0 aliphatic rings. The second-order valence-electron chi connectivity index (χ2n) is 4.10. The molecule has 1 atom stereocenters. The molecule has 0 fully saturated rings. The van der Waals surface area contributed by atoms with Gasteiger partial charge in [0.2, 0.25) is 0 Å². The first-order valence-electron chi connectivity index (χ1n) is 4.93. The van der Waals surface area contributed by atoms with E-state index in [0.29, 0.717) is 5.02 Å². The lowest BCUT2D eigenvalue weighted by atomic mass is 9.90. The second kappa shape index (κ2) is 4.55. The highest BCUT2D eigenvalue weighted by Crippen LogP contribution is 2.23. The molecule has 0 heterocycles. The maximum absolute atomic E-state index is 9.14. The van der Waals surface area contributed by atoms with Crippen molar-refractivity contribution in [3.05, 3.63) is 29.3 Å². The molecule has 1 aromatic rings. The van der Waals surface area contributed by atoms with E-state index >= 15 is 0 Å². The summed E-state index contributed by atoms with van der Waals surface area (Å²) in [4.78, 5) is 0. The molecule has 1 N–H and O–H groups in total. The summed E-state index contributed by atoms with van der Waals surface area (Å²) in [5, 5.41) is 13.0. The average molecular weight is 223 g/mol. The van der Waals surface area contributed by atoms with Crippen LogP contribution in [0, 0.1) is 17.2 Å². The fourth-order valence-corrected chi connectivity index (χ4v) is 1.36. The molecule has 3 heteroatoms. The van der Waals surface area contributed by atoms with Crippen molar-refractivity contribution in [1.29, 1.82) is 5.26 Å². The van der Waals surface area contributed by atoms with Crippen LogP contribution in [0.4, 0.5) is 5.69 Å². The zero-order chi connectivity index (χ0) is 11.5. The summed E-state index contributed by atoms with van der Waals surface area (Å²) in [6.45, 7) is 5.92. The minimum Gasteiger partial charge on any atom is -0.367 e. The summed E-state index contributed by atoms with van der Waals surface area (Å²) in [7, 11) is 0. The van der Waals surface area contributed by atoms with Gasteiger partial charge in [0, 0.05) is 10.7 Å². The topological polar surface area (TPSA) is 35.8 Å². The molecular formula is C12H15ClN2. The Morgan fingerprint density at radius 1 is 1.47 bits per heavy atom. The molecule has 0 saturated heterocycles. The number of nitriles is 1. The molecule has 1 aromatic carbocycles. The predicted octanol–water partition coefficient (Wildman–Crippen LogP) is 3.69. The van der Waals surface area contributed by atoms with Crippen molar-refractivity contribution >= 4 is 17.3 Å². The first-order chi connectivity index (χ1) is 6.98. The lowest BCUT2D eigenvalue weighted by Gasteiger charge is -2.28. The highest BCUT2D eigenvalue weighted by atomic mass is 35.5. The van der Waals surface area contributed by atoms with E-state index in [-0.39, 0.29) is 5.92 Å². The molecule has 0 amide bonds. The lowest BCUT2D eigenvalue weighted by Crippen LogP contribution is -2.38. The van der Waals surface area contributed by atoms with Gasteiger partial charge in [-0.25, -0.2) is 0 Å². The monoisotopic (exact) mass is 222 g/mol. The maximum atomic E-state index is 9.14. The van der Waals surface area contributed by atoms with Gasteiger partial charge in [-0.2, -0.15) is 5.26 Å². The SMILES string of the molecule is CC(C)C(C)(C#N)Nc1cccc(Cl)c1. The predicted molar refractivity (Wildman–Crippen MR) is 63.9 cm³/mol. The molecule has 0 aromatic heterocycles. The van der Waals surface area contributed by atoms with Crippen LogP contribution in [-0.4, -0.2) is 5.54 Å². The van der Waals surface area contributed by atoms with Gasteiger partial charge in [0.15, 0.2) is 0 Å². The number of anilines is 1. The normalized spacial score (nSPS) is 14.4. The third-order valence-corrected chi connectivity index (χ3v) is 2.85. The van der Waals surface area contributed by atoms with Crippen molar-refractivity contribution in [3.8, 4) is 6.07 Å². The molecule has 1 rings (SSSR count). The zero-order valence-electron chi connectivity index (χ0n) is 9.21. The number of halogens is 1. The zero-order valence-corrected chi connectivity index (χ0v) is 9.97. The Balaban J connectivity index is 2.90. The molecule has 80 valence electrons. The summed E-state index contributed by atoms with van der Waals surface area (Å²) in [6, 6.07) is 9.69. The second-order valence-corrected chi connectivity index (χ2v) is 4.54. The van der Waals surface area contributed by atoms with E-state index in [9.17, 15) is 0 Å². The molecule has 0 radical (unpaired) electrons. The van der Waals surface area contributed by atoms with Crippen LogP contribution in [0.15, 0.2) is 24.3 Å². The number of hydrogen-bond donors (Lipinski definition) is 1. The molecule has 0 spiro atoms. The molecule has 0 bridgehead atoms. The highest BCUT2D eigenvalue weighted by molar-refractivity contribution is 6.30. The minimum atomic E-state index is -0.565. The Morgan fingerprint density at radius 2 is 2.13 bits per heavy atom. The van der Waals surface area contributed by atoms with Crippen LogP contribution in [-0.2, 0) is 0 Å². The number of nitrogens with one attached hydrogen (secondary N) is 1. The number of hydrogen-bond acceptors (Lipinski definition) is 2. The summed E-state index contributed by atoms with van der Waals surface area (Å²) in [5.74, 6) is 0.224. The van der Waals surface area contributed by atoms with E-state index in [4.69, 9.17) is 16.9 Å². The fourth-order valence-electron chi connectivity index (χ4n) is 1.17. The molecule has 2 nitrogen and oxygen atoms in total. The van der Waals surface area contributed by atoms with Gasteiger partial charge in [0.25, 0.3) is 0 Å². The van der Waals surface area contributed by atoms with Crippen LogP contribution in [0.1, 0.15) is 20.8 Å². The van der Waals surface area contributed by atoms with E-state index in [1.54, 1.807) is 0 Å². The van der Waals surface area contributed by atoms with Crippen molar-refractivity contribution in [2.75, 3.05) is 5.32 Å². The molecule has 15 heavy (non-hydrogen) atoms. The highest BCUT2D eigenvalue weighted by Gasteiger charge is 2.27. The van der Waals surface area contributed by atoms with Crippen LogP contribution in [0.5, 0.6) is 0 Å². The van der Waals surface area contributed by atoms with Crippen LogP contribution in [0.2, 0.25) is 5.02 Å². The molecule has 0 aliphatic heterocycles. The van der Waals surface area contributed by atoms with Gasteiger partial charge in [0.05, 0.1) is 6.07 Å². The Labute approximate surface area is 95.9 Å². The maximum Gasteiger partial charge on any atom is 0.124 e. The van der Waals surface area contributed by atoms with Crippen LogP contribution < -0.4 is 5.32 Å². The van der Waals surface area contributed by atoms with Gasteiger partial charge in [-0.05, 0) is 31.0 Å². The molecule has 1 unspecified atom stereocenters. The summed E-state index contributed by atoms with van der Waals surface area (Å²) < 4.78 is 0. The Morgan fingerprint density at radius 3 is 2.60 bits per heavy atom. The fraction of sp³-hybridized carbons (Fsp3) is 0.417. The van der Waals surface area contributed by atoms with Gasteiger partial charge in [-0.3, -0.25) is 0 Å². The van der Waals surface area contributed by atoms with Crippen LogP contribution in [0.25, 0.3) is 0 Å². The van der Waals surface area contributed by atoms with E-state index in [1.807, 2.05) is 45.0 Å². The van der Waals surface area contributed by atoms with E-state index in [0.717, 1.165) is 5.69 Å². The van der Waals surface area contributed by atoms with Gasteiger partial charge in [-0.1, -0.05) is 31.5 Å². The quantitative estimate of drug-likeness (QED) is 0.847. The van der Waals surface area contributed by atoms with E-state index in [2.05, 4.69) is 11.4 Å². The largest absolute Gasteiger partial charge is 0.367 e. The minimum absolute atomic E-state index is 0.224. The average Bonchev–Trinajstić information content (AvgIpc) is 2.17. The number of rotatable bonds is 3. The first-order valence-corrected chi connectivity index (χ1v) is 5.31. The third-order valence-electron chi connectivity index (χ3n) is 2.62. The van der Waals surface area contributed by atoms with Gasteiger partial charge in [0.1, 0.15) is 5.54 Å². The van der Waals surface area contributed by atoms with E-state index in [1.165, 1.54) is 0 Å². The molecule has 0 aliphatic carbocycles. The van der Waals surface area contributed by atoms with Crippen molar-refractivity contribution < 1.29 is 0 Å². The van der Waals surface area contributed by atoms with Gasteiger partial charge < -0.3 is 5.32 Å². The standard InChI is InChI=1S/C12H15ClN2/c1-9(2)12(3,8-14)15-11-6-4-5-10(13)7-11/h4-7,9,15H,1-3H3. The number of nitrogens with zero attached hydrogens (tertiary/aromatic N) is 1. The van der Waals surface area contributed by atoms with Gasteiger partial charge >= 0.3 is 0 Å². The van der Waals surface area contributed by atoms with Gasteiger partial charge in [-0.15, -0.1) is 0 Å². The van der Waals surface area contributed by atoms with E-state index < -0.39 is 5.54 Å². The number of benzene rings is 1. The Bertz CT molecular complexity index is 381. The third kappa shape index (κ3) is 2.87. The summed E-state index contributed by atoms with van der Waals surface area (Å²) >= 11 is 5.87. The first kappa shape index (κ1) is 11.9. The molecular weight excluding hydrogens is 208 g/mol. The van der Waals surface area contributed by atoms with Crippen molar-refractivity contribution in [1.82, 2.24) is 0 Å². The molecule has 0 saturated carbocycles. The van der Waals surface area contributed by atoms with Crippen LogP contribution >= 0.6 is 11.6 Å². The van der Waals surface area contributed by atoms with Crippen molar-refractivity contribution in [3.63, 3.8) is 0 Å². The Kier molecular flexibility index (Phi) is 3.60. The van der Waals surface area contributed by atoms with Crippen LogP contribution in [0.3, 0.4) is 0 Å². The van der Waals surface area contributed by atoms with Crippen molar-refractivity contribution in [2.45, 2.75) is 26.3 Å². The summed E-state index contributed by atoms with van der Waals surface area (Å²) in [5.41, 5.74) is 0.310.